The van der Waals surface area contributed by atoms with Crippen molar-refractivity contribution in [2.24, 2.45) is 10.9 Å². The fraction of sp³-hybridized carbons (Fsp3) is 0.300. The highest BCUT2D eigenvalue weighted by molar-refractivity contribution is 5.58. The van der Waals surface area contributed by atoms with E-state index in [1.165, 1.54) is 5.56 Å². The molecule has 0 aliphatic carbocycles. The minimum Gasteiger partial charge on any atom is -0.324 e. The van der Waals surface area contributed by atoms with Gasteiger partial charge in [0, 0.05) is 6.21 Å². The molecular formula is C10H14N2. The molecule has 1 aromatic rings. The molecular weight excluding hydrogens is 148 g/mol. The fourth-order valence-electron chi connectivity index (χ4n) is 1.14. The van der Waals surface area contributed by atoms with Gasteiger partial charge in [0.05, 0.1) is 0 Å². The zero-order chi connectivity index (χ0) is 8.81. The second-order valence-corrected chi connectivity index (χ2v) is 2.88. The molecule has 0 saturated heterocycles. The smallest absolute Gasteiger partial charge is 0.0246 e. The van der Waals surface area contributed by atoms with Crippen LogP contribution in [-0.4, -0.2) is 6.21 Å². The van der Waals surface area contributed by atoms with Gasteiger partial charge in [0.2, 0.25) is 0 Å². The Morgan fingerprint density at radius 3 is 2.67 bits per heavy atom. The molecule has 0 spiro atoms. The van der Waals surface area contributed by atoms with Crippen molar-refractivity contribution >= 4 is 6.21 Å². The van der Waals surface area contributed by atoms with Gasteiger partial charge in [0.1, 0.15) is 0 Å². The molecule has 1 atom stereocenters. The summed E-state index contributed by atoms with van der Waals surface area (Å²) in [5.74, 6) is 5.52. The van der Waals surface area contributed by atoms with Gasteiger partial charge in [-0.25, -0.2) is 0 Å². The Bertz CT molecular complexity index is 241. The van der Waals surface area contributed by atoms with E-state index in [1.807, 2.05) is 18.2 Å². The molecule has 1 rings (SSSR count). The van der Waals surface area contributed by atoms with Crippen LogP contribution in [0.25, 0.3) is 0 Å². The molecule has 64 valence electrons. The van der Waals surface area contributed by atoms with Crippen LogP contribution >= 0.6 is 0 Å². The Morgan fingerprint density at radius 2 is 2.08 bits per heavy atom. The topological polar surface area (TPSA) is 38.4 Å². The summed E-state index contributed by atoms with van der Waals surface area (Å²) in [5.41, 5.74) is 1.33. The van der Waals surface area contributed by atoms with E-state index in [4.69, 9.17) is 5.84 Å². The second-order valence-electron chi connectivity index (χ2n) is 2.88. The number of hydrogen-bond donors (Lipinski definition) is 1. The molecule has 0 aliphatic heterocycles. The van der Waals surface area contributed by atoms with Crippen molar-refractivity contribution < 1.29 is 0 Å². The number of hydrazone groups is 1. The lowest BCUT2D eigenvalue weighted by atomic mass is 9.99. The van der Waals surface area contributed by atoms with Crippen LogP contribution in [0, 0.1) is 0 Å². The monoisotopic (exact) mass is 162 g/mol. The first kappa shape index (κ1) is 8.78. The summed E-state index contributed by atoms with van der Waals surface area (Å²) in [5, 5.41) is 3.48. The predicted molar refractivity (Wildman–Crippen MR) is 52.2 cm³/mol. The van der Waals surface area contributed by atoms with Gasteiger partial charge in [0.15, 0.2) is 0 Å². The standard InChI is InChI=1S/C10H14N2/c1-9(7-8-12-11)10-5-3-2-4-6-10/h2-6,8-9H,7,11H2,1H3/b12-8+. The summed E-state index contributed by atoms with van der Waals surface area (Å²) >= 11 is 0. The van der Waals surface area contributed by atoms with E-state index < -0.39 is 0 Å². The zero-order valence-electron chi connectivity index (χ0n) is 7.27. The molecule has 0 fully saturated rings. The van der Waals surface area contributed by atoms with Crippen molar-refractivity contribution in [2.75, 3.05) is 0 Å². The molecule has 0 saturated carbocycles. The highest BCUT2D eigenvalue weighted by Gasteiger charge is 2.01. The van der Waals surface area contributed by atoms with Crippen molar-refractivity contribution in [3.8, 4) is 0 Å². The average molecular weight is 162 g/mol. The van der Waals surface area contributed by atoms with E-state index in [0.29, 0.717) is 5.92 Å². The molecule has 2 nitrogen and oxygen atoms in total. The first-order chi connectivity index (χ1) is 5.84. The fourth-order valence-corrected chi connectivity index (χ4v) is 1.14. The molecule has 2 N–H and O–H groups in total. The minimum absolute atomic E-state index is 0.499. The maximum absolute atomic E-state index is 5.02. The molecule has 0 radical (unpaired) electrons. The van der Waals surface area contributed by atoms with Crippen LogP contribution in [-0.2, 0) is 0 Å². The zero-order valence-corrected chi connectivity index (χ0v) is 7.27. The van der Waals surface area contributed by atoms with E-state index in [9.17, 15) is 0 Å². The highest BCUT2D eigenvalue weighted by atomic mass is 15.1. The molecule has 0 bridgehead atoms. The normalized spacial score (nSPS) is 13.4. The summed E-state index contributed by atoms with van der Waals surface area (Å²) < 4.78 is 0. The van der Waals surface area contributed by atoms with Gasteiger partial charge in [-0.15, -0.1) is 0 Å². The first-order valence-electron chi connectivity index (χ1n) is 4.11. The second kappa shape index (κ2) is 4.54. The largest absolute Gasteiger partial charge is 0.324 e. The van der Waals surface area contributed by atoms with E-state index in [1.54, 1.807) is 6.21 Å². The van der Waals surface area contributed by atoms with E-state index in [0.717, 1.165) is 6.42 Å². The highest BCUT2D eigenvalue weighted by Crippen LogP contribution is 2.16. The molecule has 1 aromatic carbocycles. The van der Waals surface area contributed by atoms with Gasteiger partial charge in [-0.1, -0.05) is 37.3 Å². The van der Waals surface area contributed by atoms with Crippen molar-refractivity contribution in [3.05, 3.63) is 35.9 Å². The van der Waals surface area contributed by atoms with Gasteiger partial charge < -0.3 is 5.84 Å². The third-order valence-corrected chi connectivity index (χ3v) is 1.93. The van der Waals surface area contributed by atoms with Gasteiger partial charge >= 0.3 is 0 Å². The lowest BCUT2D eigenvalue weighted by Gasteiger charge is -2.07. The van der Waals surface area contributed by atoms with Gasteiger partial charge in [-0.05, 0) is 17.9 Å². The molecule has 1 unspecified atom stereocenters. The third kappa shape index (κ3) is 2.38. The van der Waals surface area contributed by atoms with E-state index >= 15 is 0 Å². The molecule has 0 aromatic heterocycles. The Labute approximate surface area is 73.1 Å². The van der Waals surface area contributed by atoms with Crippen molar-refractivity contribution in [2.45, 2.75) is 19.3 Å². The van der Waals surface area contributed by atoms with Crippen LogP contribution in [0.1, 0.15) is 24.8 Å². The van der Waals surface area contributed by atoms with Crippen LogP contribution in [0.5, 0.6) is 0 Å². The maximum Gasteiger partial charge on any atom is 0.0246 e. The van der Waals surface area contributed by atoms with E-state index in [-0.39, 0.29) is 0 Å². The first-order valence-corrected chi connectivity index (χ1v) is 4.11. The number of rotatable bonds is 3. The Balaban J connectivity index is 2.59. The van der Waals surface area contributed by atoms with Crippen molar-refractivity contribution in [1.82, 2.24) is 0 Å². The predicted octanol–water partition coefficient (Wildman–Crippen LogP) is 2.12. The number of nitrogens with two attached hydrogens (primary N) is 1. The third-order valence-electron chi connectivity index (χ3n) is 1.93. The minimum atomic E-state index is 0.499. The van der Waals surface area contributed by atoms with Crippen LogP contribution in [0.4, 0.5) is 0 Å². The van der Waals surface area contributed by atoms with Crippen LogP contribution < -0.4 is 5.84 Å². The van der Waals surface area contributed by atoms with Crippen LogP contribution in [0.3, 0.4) is 0 Å². The molecule has 0 aliphatic rings. The van der Waals surface area contributed by atoms with Gasteiger partial charge in [-0.2, -0.15) is 5.10 Å². The number of nitrogens with zero attached hydrogens (tertiary/aromatic N) is 1. The summed E-state index contributed by atoms with van der Waals surface area (Å²) in [6, 6.07) is 10.4. The molecule has 0 amide bonds. The summed E-state index contributed by atoms with van der Waals surface area (Å²) in [4.78, 5) is 0. The van der Waals surface area contributed by atoms with Crippen molar-refractivity contribution in [1.29, 1.82) is 0 Å². The summed E-state index contributed by atoms with van der Waals surface area (Å²) in [6.45, 7) is 2.16. The Kier molecular flexibility index (Phi) is 3.33. The lowest BCUT2D eigenvalue weighted by Crippen LogP contribution is -1.94. The molecule has 0 heterocycles. The lowest BCUT2D eigenvalue weighted by molar-refractivity contribution is 0.811. The van der Waals surface area contributed by atoms with Crippen LogP contribution in [0.15, 0.2) is 35.4 Å². The van der Waals surface area contributed by atoms with Crippen LogP contribution in [0.2, 0.25) is 0 Å². The Morgan fingerprint density at radius 1 is 1.42 bits per heavy atom. The quantitative estimate of drug-likeness (QED) is 0.412. The SMILES string of the molecule is CC(C/C=N/N)c1ccccc1. The summed E-state index contributed by atoms with van der Waals surface area (Å²) in [7, 11) is 0. The van der Waals surface area contributed by atoms with Gasteiger partial charge in [0.25, 0.3) is 0 Å². The van der Waals surface area contributed by atoms with Crippen molar-refractivity contribution in [3.63, 3.8) is 0 Å². The average Bonchev–Trinajstić information content (AvgIpc) is 2.15. The number of benzene rings is 1. The van der Waals surface area contributed by atoms with E-state index in [2.05, 4.69) is 24.2 Å². The Hall–Kier alpha value is -1.31. The number of hydrogen-bond acceptors (Lipinski definition) is 2. The maximum atomic E-state index is 5.02. The van der Waals surface area contributed by atoms with Gasteiger partial charge in [-0.3, -0.25) is 0 Å². The molecule has 2 heteroatoms. The molecule has 12 heavy (non-hydrogen) atoms. The summed E-state index contributed by atoms with van der Waals surface area (Å²) in [6.07, 6.45) is 2.65.